The average molecular weight is 401 g/mol. The molecule has 0 saturated carbocycles. The summed E-state index contributed by atoms with van der Waals surface area (Å²) >= 11 is 5.11. The van der Waals surface area contributed by atoms with Gasteiger partial charge in [0.25, 0.3) is 11.6 Å². The van der Waals surface area contributed by atoms with Crippen LogP contribution in [0.25, 0.3) is 0 Å². The van der Waals surface area contributed by atoms with Gasteiger partial charge in [-0.2, -0.15) is 0 Å². The molecule has 0 bridgehead atoms. The smallest absolute Gasteiger partial charge is 0.269 e. The van der Waals surface area contributed by atoms with Gasteiger partial charge < -0.3 is 10.1 Å². The van der Waals surface area contributed by atoms with Gasteiger partial charge in [0.15, 0.2) is 5.11 Å². The number of nitrogens with zero attached hydrogens (tertiary/aromatic N) is 1. The molecule has 2 N–H and O–H groups in total. The molecule has 148 valence electrons. The zero-order valence-electron chi connectivity index (χ0n) is 15.6. The van der Waals surface area contributed by atoms with Crippen LogP contribution in [0, 0.1) is 10.1 Å². The number of anilines is 1. The van der Waals surface area contributed by atoms with E-state index in [0.717, 1.165) is 18.6 Å². The van der Waals surface area contributed by atoms with Crippen LogP contribution in [0.2, 0.25) is 0 Å². The Morgan fingerprint density at radius 1 is 1.07 bits per heavy atom. The van der Waals surface area contributed by atoms with Gasteiger partial charge in [0.2, 0.25) is 0 Å². The van der Waals surface area contributed by atoms with Crippen molar-refractivity contribution < 1.29 is 14.5 Å². The maximum absolute atomic E-state index is 12.3. The number of ether oxygens (including phenoxy) is 1. The van der Waals surface area contributed by atoms with E-state index in [0.29, 0.717) is 17.9 Å². The van der Waals surface area contributed by atoms with Gasteiger partial charge in [0, 0.05) is 23.4 Å². The zero-order chi connectivity index (χ0) is 20.4. The minimum Gasteiger partial charge on any atom is -0.494 e. The minimum atomic E-state index is -0.484. The van der Waals surface area contributed by atoms with Gasteiger partial charge in [-0.25, -0.2) is 0 Å². The van der Waals surface area contributed by atoms with Crippen molar-refractivity contribution in [2.45, 2.75) is 32.6 Å². The molecule has 1 amide bonds. The van der Waals surface area contributed by atoms with E-state index >= 15 is 0 Å². The van der Waals surface area contributed by atoms with Crippen LogP contribution in [0.15, 0.2) is 48.5 Å². The molecule has 0 aliphatic rings. The number of hydrogen-bond donors (Lipinski definition) is 2. The first-order valence-corrected chi connectivity index (χ1v) is 9.50. The Morgan fingerprint density at radius 2 is 1.75 bits per heavy atom. The molecule has 0 saturated heterocycles. The van der Waals surface area contributed by atoms with Crippen molar-refractivity contribution in [3.63, 3.8) is 0 Å². The van der Waals surface area contributed by atoms with Crippen LogP contribution in [0.1, 0.15) is 43.0 Å². The van der Waals surface area contributed by atoms with Crippen molar-refractivity contribution in [1.29, 1.82) is 0 Å². The first kappa shape index (κ1) is 21.3. The van der Waals surface area contributed by atoms with Crippen molar-refractivity contribution in [2.24, 2.45) is 0 Å². The van der Waals surface area contributed by atoms with Crippen molar-refractivity contribution in [3.05, 3.63) is 64.2 Å². The number of benzene rings is 2. The zero-order valence-corrected chi connectivity index (χ0v) is 16.5. The largest absolute Gasteiger partial charge is 0.494 e. The molecule has 0 spiro atoms. The summed E-state index contributed by atoms with van der Waals surface area (Å²) < 4.78 is 5.66. The fourth-order valence-corrected chi connectivity index (χ4v) is 2.64. The first-order valence-electron chi connectivity index (χ1n) is 9.09. The van der Waals surface area contributed by atoms with E-state index in [1.807, 2.05) is 0 Å². The number of carbonyl (C=O) groups is 1. The van der Waals surface area contributed by atoms with Crippen LogP contribution in [0.4, 0.5) is 11.4 Å². The monoisotopic (exact) mass is 401 g/mol. The van der Waals surface area contributed by atoms with Gasteiger partial charge in [-0.15, -0.1) is 0 Å². The Hall–Kier alpha value is -3.00. The normalized spacial score (nSPS) is 10.2. The summed E-state index contributed by atoms with van der Waals surface area (Å²) in [4.78, 5) is 22.4. The van der Waals surface area contributed by atoms with Crippen molar-refractivity contribution >= 4 is 34.6 Å². The van der Waals surface area contributed by atoms with Crippen LogP contribution >= 0.6 is 12.2 Å². The van der Waals surface area contributed by atoms with Crippen molar-refractivity contribution in [1.82, 2.24) is 5.32 Å². The first-order chi connectivity index (χ1) is 13.5. The van der Waals surface area contributed by atoms with Gasteiger partial charge in [-0.1, -0.05) is 26.2 Å². The van der Waals surface area contributed by atoms with Crippen LogP contribution in [-0.2, 0) is 0 Å². The van der Waals surface area contributed by atoms with Gasteiger partial charge in [0.1, 0.15) is 5.75 Å². The summed E-state index contributed by atoms with van der Waals surface area (Å²) in [6.45, 7) is 2.83. The Kier molecular flexibility index (Phi) is 8.36. The molecule has 0 atom stereocenters. The molecule has 0 aliphatic heterocycles. The van der Waals surface area contributed by atoms with Crippen LogP contribution in [-0.4, -0.2) is 22.5 Å². The Labute approximate surface area is 169 Å². The summed E-state index contributed by atoms with van der Waals surface area (Å²) in [6.07, 6.45) is 4.55. The second kappa shape index (κ2) is 11.0. The maximum atomic E-state index is 12.3. The minimum absolute atomic E-state index is 0.0202. The number of amides is 1. The molecule has 0 heterocycles. The van der Waals surface area contributed by atoms with Crippen LogP contribution < -0.4 is 15.4 Å². The molecule has 0 aliphatic carbocycles. The number of nitro benzene ring substituents is 1. The lowest BCUT2D eigenvalue weighted by atomic mass is 10.2. The molecule has 0 fully saturated rings. The van der Waals surface area contributed by atoms with Crippen molar-refractivity contribution in [3.8, 4) is 5.75 Å². The van der Waals surface area contributed by atoms with E-state index in [-0.39, 0.29) is 16.7 Å². The molecule has 2 aromatic rings. The van der Waals surface area contributed by atoms with Crippen LogP contribution in [0.5, 0.6) is 5.75 Å². The number of non-ortho nitro benzene ring substituents is 1. The summed E-state index contributed by atoms with van der Waals surface area (Å²) in [5, 5.41) is 16.2. The Bertz CT molecular complexity index is 807. The number of rotatable bonds is 9. The van der Waals surface area contributed by atoms with E-state index in [1.54, 1.807) is 24.3 Å². The molecule has 28 heavy (non-hydrogen) atoms. The highest BCUT2D eigenvalue weighted by Gasteiger charge is 2.09. The molecule has 2 aromatic carbocycles. The summed E-state index contributed by atoms with van der Waals surface area (Å²) in [5.41, 5.74) is 0.974. The highest BCUT2D eigenvalue weighted by atomic mass is 32.1. The third-order valence-corrected chi connectivity index (χ3v) is 4.15. The maximum Gasteiger partial charge on any atom is 0.269 e. The average Bonchev–Trinajstić information content (AvgIpc) is 2.68. The van der Waals surface area contributed by atoms with Gasteiger partial charge in [-0.3, -0.25) is 20.2 Å². The predicted octanol–water partition coefficient (Wildman–Crippen LogP) is 4.68. The summed E-state index contributed by atoms with van der Waals surface area (Å²) in [6, 6.07) is 12.6. The van der Waals surface area contributed by atoms with Gasteiger partial charge in [-0.05, 0) is 55.0 Å². The van der Waals surface area contributed by atoms with Gasteiger partial charge >= 0.3 is 0 Å². The summed E-state index contributed by atoms with van der Waals surface area (Å²) in [5.74, 6) is 0.369. The Morgan fingerprint density at radius 3 is 2.36 bits per heavy atom. The lowest BCUT2D eigenvalue weighted by Crippen LogP contribution is -2.34. The van der Waals surface area contributed by atoms with E-state index < -0.39 is 4.92 Å². The number of unbranched alkanes of at least 4 members (excludes halogenated alkanes) is 3. The number of nitro groups is 1. The summed E-state index contributed by atoms with van der Waals surface area (Å²) in [7, 11) is 0. The second-order valence-corrected chi connectivity index (χ2v) is 6.55. The van der Waals surface area contributed by atoms with E-state index in [4.69, 9.17) is 17.0 Å². The molecule has 7 nitrogen and oxygen atoms in total. The molecule has 2 rings (SSSR count). The molecule has 8 heteroatoms. The Balaban J connectivity index is 1.81. The fraction of sp³-hybridized carbons (Fsp3) is 0.300. The van der Waals surface area contributed by atoms with E-state index in [1.165, 1.54) is 37.1 Å². The number of nitrogens with one attached hydrogen (secondary N) is 2. The van der Waals surface area contributed by atoms with Crippen molar-refractivity contribution in [2.75, 3.05) is 11.9 Å². The number of carbonyl (C=O) groups excluding carboxylic acids is 1. The molecule has 0 unspecified atom stereocenters. The van der Waals surface area contributed by atoms with E-state index in [2.05, 4.69) is 17.6 Å². The van der Waals surface area contributed by atoms with Crippen LogP contribution in [0.3, 0.4) is 0 Å². The fourth-order valence-electron chi connectivity index (χ4n) is 2.43. The topological polar surface area (TPSA) is 93.5 Å². The lowest BCUT2D eigenvalue weighted by molar-refractivity contribution is -0.384. The number of hydrogen-bond acceptors (Lipinski definition) is 5. The molecule has 0 aromatic heterocycles. The number of thiocarbonyl (C=S) groups is 1. The lowest BCUT2D eigenvalue weighted by Gasteiger charge is -2.10. The van der Waals surface area contributed by atoms with Gasteiger partial charge in [0.05, 0.1) is 11.5 Å². The standard InChI is InChI=1S/C20H23N3O4S/c1-2-3-4-5-14-27-18-12-6-15(7-13-18)19(24)22-20(28)21-16-8-10-17(11-9-16)23(25)26/h6-13H,2-5,14H2,1H3,(H2,21,22,24,28). The third kappa shape index (κ3) is 6.96. The molecular formula is C20H23N3O4S. The predicted molar refractivity (Wildman–Crippen MR) is 113 cm³/mol. The third-order valence-electron chi connectivity index (χ3n) is 3.95. The molecular weight excluding hydrogens is 378 g/mol. The SMILES string of the molecule is CCCCCCOc1ccc(C(=O)NC(=S)Nc2ccc([N+](=O)[O-])cc2)cc1. The van der Waals surface area contributed by atoms with E-state index in [9.17, 15) is 14.9 Å². The quantitative estimate of drug-likeness (QED) is 0.274. The second-order valence-electron chi connectivity index (χ2n) is 6.15. The highest BCUT2D eigenvalue weighted by molar-refractivity contribution is 7.80. The highest BCUT2D eigenvalue weighted by Crippen LogP contribution is 2.16. The molecule has 0 radical (unpaired) electrons.